The van der Waals surface area contributed by atoms with Crippen LogP contribution in [-0.4, -0.2) is 19.7 Å². The van der Waals surface area contributed by atoms with E-state index in [-0.39, 0.29) is 5.41 Å². The minimum absolute atomic E-state index is 0.143. The molecule has 0 spiro atoms. The van der Waals surface area contributed by atoms with Gasteiger partial charge in [0.15, 0.2) is 5.82 Å². The summed E-state index contributed by atoms with van der Waals surface area (Å²) < 4.78 is 1.79. The van der Waals surface area contributed by atoms with Crippen LogP contribution in [0.25, 0.3) is 5.82 Å². The third-order valence-corrected chi connectivity index (χ3v) is 2.77. The second-order valence-corrected chi connectivity index (χ2v) is 5.85. The van der Waals surface area contributed by atoms with Crippen LogP contribution in [0.1, 0.15) is 38.0 Å². The van der Waals surface area contributed by atoms with Crippen LogP contribution < -0.4 is 0 Å². The van der Waals surface area contributed by atoms with Crippen molar-refractivity contribution in [3.8, 4) is 5.82 Å². The Kier molecular flexibility index (Phi) is 3.15. The number of nitrogens with zero attached hydrogens (tertiary/aromatic N) is 4. The monoisotopic (exact) mass is 264 g/mol. The summed E-state index contributed by atoms with van der Waals surface area (Å²) in [7, 11) is 0. The lowest BCUT2D eigenvalue weighted by Gasteiger charge is -2.17. The molecule has 2 aromatic rings. The Morgan fingerprint density at radius 3 is 2.28 bits per heavy atom. The summed E-state index contributed by atoms with van der Waals surface area (Å²) in [6.07, 6.45) is 0. The number of aromatic nitrogens is 4. The minimum atomic E-state index is -0.143. The zero-order valence-electron chi connectivity index (χ0n) is 11.3. The molecule has 0 amide bonds. The van der Waals surface area contributed by atoms with E-state index >= 15 is 0 Å². The molecule has 0 aliphatic rings. The van der Waals surface area contributed by atoms with E-state index in [4.69, 9.17) is 11.6 Å². The van der Waals surface area contributed by atoms with Crippen molar-refractivity contribution >= 4 is 11.6 Å². The Morgan fingerprint density at radius 2 is 1.78 bits per heavy atom. The molecular formula is C13H17ClN4. The van der Waals surface area contributed by atoms with Gasteiger partial charge in [-0.05, 0) is 19.9 Å². The molecular weight excluding hydrogens is 248 g/mol. The van der Waals surface area contributed by atoms with Crippen LogP contribution in [0, 0.1) is 13.8 Å². The molecule has 5 heteroatoms. The smallest absolute Gasteiger partial charge is 0.158 e. The topological polar surface area (TPSA) is 43.6 Å². The fraction of sp³-hybridized carbons (Fsp3) is 0.462. The van der Waals surface area contributed by atoms with Gasteiger partial charge in [-0.2, -0.15) is 5.10 Å². The Hall–Kier alpha value is -1.42. The first-order valence-corrected chi connectivity index (χ1v) is 6.24. The van der Waals surface area contributed by atoms with Crippen molar-refractivity contribution < 1.29 is 0 Å². The van der Waals surface area contributed by atoms with Crippen molar-refractivity contribution in [3.63, 3.8) is 0 Å². The third kappa shape index (κ3) is 2.53. The Bertz CT molecular complexity index is 581. The fourth-order valence-electron chi connectivity index (χ4n) is 1.71. The van der Waals surface area contributed by atoms with E-state index in [2.05, 4.69) is 35.8 Å². The number of halogens is 1. The van der Waals surface area contributed by atoms with Crippen LogP contribution in [0.15, 0.2) is 12.1 Å². The minimum Gasteiger partial charge on any atom is -0.220 e. The van der Waals surface area contributed by atoms with Crippen molar-refractivity contribution in [2.75, 3.05) is 0 Å². The van der Waals surface area contributed by atoms with Gasteiger partial charge < -0.3 is 0 Å². The standard InChI is InChI=1S/C13H17ClN4/c1-8-6-9(2)18(17-8)11-7-10(14)15-12(16-11)13(3,4)5/h6-7H,1-5H3. The van der Waals surface area contributed by atoms with E-state index in [0.29, 0.717) is 11.0 Å². The molecule has 0 atom stereocenters. The van der Waals surface area contributed by atoms with Crippen molar-refractivity contribution in [3.05, 3.63) is 34.5 Å². The normalized spacial score (nSPS) is 11.9. The summed E-state index contributed by atoms with van der Waals surface area (Å²) in [5, 5.41) is 4.85. The Morgan fingerprint density at radius 1 is 1.11 bits per heavy atom. The highest BCUT2D eigenvalue weighted by Crippen LogP contribution is 2.22. The molecule has 0 fully saturated rings. The van der Waals surface area contributed by atoms with Gasteiger partial charge in [0, 0.05) is 17.2 Å². The SMILES string of the molecule is Cc1cc(C)n(-c2cc(Cl)nc(C(C)(C)C)n2)n1. The van der Waals surface area contributed by atoms with Gasteiger partial charge in [-0.3, -0.25) is 0 Å². The van der Waals surface area contributed by atoms with E-state index in [1.54, 1.807) is 10.7 Å². The predicted molar refractivity (Wildman–Crippen MR) is 72.3 cm³/mol. The first-order chi connectivity index (χ1) is 8.27. The van der Waals surface area contributed by atoms with Crippen LogP contribution in [0.2, 0.25) is 5.15 Å². The Balaban J connectivity index is 2.59. The second-order valence-electron chi connectivity index (χ2n) is 5.46. The van der Waals surface area contributed by atoms with Crippen molar-refractivity contribution in [1.29, 1.82) is 0 Å². The zero-order valence-corrected chi connectivity index (χ0v) is 12.1. The summed E-state index contributed by atoms with van der Waals surface area (Å²) >= 11 is 6.07. The lowest BCUT2D eigenvalue weighted by molar-refractivity contribution is 0.541. The largest absolute Gasteiger partial charge is 0.220 e. The van der Waals surface area contributed by atoms with E-state index in [0.717, 1.165) is 17.2 Å². The van der Waals surface area contributed by atoms with E-state index in [9.17, 15) is 0 Å². The molecule has 2 heterocycles. The van der Waals surface area contributed by atoms with Crippen LogP contribution in [0.4, 0.5) is 0 Å². The Labute approximate surface area is 112 Å². The van der Waals surface area contributed by atoms with Crippen molar-refractivity contribution in [2.45, 2.75) is 40.0 Å². The molecule has 0 radical (unpaired) electrons. The molecule has 0 aliphatic heterocycles. The van der Waals surface area contributed by atoms with Crippen LogP contribution in [0.3, 0.4) is 0 Å². The number of aryl methyl sites for hydroxylation is 2. The average Bonchev–Trinajstić information content (AvgIpc) is 2.55. The maximum atomic E-state index is 6.07. The molecule has 0 bridgehead atoms. The highest BCUT2D eigenvalue weighted by Gasteiger charge is 2.19. The van der Waals surface area contributed by atoms with Gasteiger partial charge >= 0.3 is 0 Å². The predicted octanol–water partition coefficient (Wildman–Crippen LogP) is 3.23. The lowest BCUT2D eigenvalue weighted by atomic mass is 9.96. The van der Waals surface area contributed by atoms with E-state index in [1.165, 1.54) is 0 Å². The molecule has 0 saturated heterocycles. The summed E-state index contributed by atoms with van der Waals surface area (Å²) in [5.74, 6) is 1.43. The van der Waals surface area contributed by atoms with Crippen molar-refractivity contribution in [2.24, 2.45) is 0 Å². The molecule has 2 rings (SSSR count). The molecule has 2 aromatic heterocycles. The van der Waals surface area contributed by atoms with Gasteiger partial charge in [0.1, 0.15) is 11.0 Å². The average molecular weight is 265 g/mol. The molecule has 0 saturated carbocycles. The summed E-state index contributed by atoms with van der Waals surface area (Å²) in [6.45, 7) is 10.1. The first kappa shape index (κ1) is 13.0. The summed E-state index contributed by atoms with van der Waals surface area (Å²) in [6, 6.07) is 3.74. The number of hydrogen-bond donors (Lipinski definition) is 0. The van der Waals surface area contributed by atoms with Crippen LogP contribution in [-0.2, 0) is 5.41 Å². The molecule has 4 nitrogen and oxygen atoms in total. The van der Waals surface area contributed by atoms with Crippen molar-refractivity contribution in [1.82, 2.24) is 19.7 Å². The van der Waals surface area contributed by atoms with Gasteiger partial charge in [0.25, 0.3) is 0 Å². The van der Waals surface area contributed by atoms with E-state index < -0.39 is 0 Å². The molecule has 0 unspecified atom stereocenters. The molecule has 0 N–H and O–H groups in total. The van der Waals surface area contributed by atoms with Crippen LogP contribution in [0.5, 0.6) is 0 Å². The van der Waals surface area contributed by atoms with Gasteiger partial charge in [-0.1, -0.05) is 32.4 Å². The molecule has 0 aliphatic carbocycles. The fourth-order valence-corrected chi connectivity index (χ4v) is 1.89. The number of hydrogen-bond acceptors (Lipinski definition) is 3. The summed E-state index contributed by atoms with van der Waals surface area (Å²) in [4.78, 5) is 8.83. The lowest BCUT2D eigenvalue weighted by Crippen LogP contribution is -2.18. The van der Waals surface area contributed by atoms with Gasteiger partial charge in [-0.15, -0.1) is 0 Å². The van der Waals surface area contributed by atoms with Gasteiger partial charge in [0.2, 0.25) is 0 Å². The zero-order chi connectivity index (χ0) is 13.5. The first-order valence-electron chi connectivity index (χ1n) is 5.86. The molecule has 96 valence electrons. The number of rotatable bonds is 1. The third-order valence-electron chi connectivity index (χ3n) is 2.58. The highest BCUT2D eigenvalue weighted by molar-refractivity contribution is 6.29. The van der Waals surface area contributed by atoms with Gasteiger partial charge in [-0.25, -0.2) is 14.6 Å². The quantitative estimate of drug-likeness (QED) is 0.743. The molecule has 0 aromatic carbocycles. The van der Waals surface area contributed by atoms with E-state index in [1.807, 2.05) is 19.9 Å². The molecule has 18 heavy (non-hydrogen) atoms. The highest BCUT2D eigenvalue weighted by atomic mass is 35.5. The maximum absolute atomic E-state index is 6.07. The van der Waals surface area contributed by atoms with Gasteiger partial charge in [0.05, 0.1) is 5.69 Å². The van der Waals surface area contributed by atoms with Crippen LogP contribution >= 0.6 is 11.6 Å². The second kappa shape index (κ2) is 4.35. The maximum Gasteiger partial charge on any atom is 0.158 e. The summed E-state index contributed by atoms with van der Waals surface area (Å²) in [5.41, 5.74) is 1.84.